The molecule has 0 aromatic carbocycles. The summed E-state index contributed by atoms with van der Waals surface area (Å²) in [6.07, 6.45) is 1.65. The standard InChI is InChI=1S/C8H16N2O2S2/c1-3-5-14(11,12)10-8-9-6-7(4-2)13-8/h7H,3-6H2,1-2H3,(H,9,10). The van der Waals surface area contributed by atoms with Crippen LogP contribution in [0.15, 0.2) is 4.99 Å². The summed E-state index contributed by atoms with van der Waals surface area (Å²) in [4.78, 5) is 4.14. The Morgan fingerprint density at radius 3 is 2.79 bits per heavy atom. The van der Waals surface area contributed by atoms with Crippen LogP contribution in [0.1, 0.15) is 26.7 Å². The number of nitrogens with one attached hydrogen (secondary N) is 1. The Kier molecular flexibility index (Phi) is 4.25. The smallest absolute Gasteiger partial charge is 0.234 e. The van der Waals surface area contributed by atoms with Crippen molar-refractivity contribution >= 4 is 27.0 Å². The molecule has 0 aromatic rings. The Hall–Kier alpha value is -0.230. The van der Waals surface area contributed by atoms with Crippen molar-refractivity contribution in [3.05, 3.63) is 0 Å². The molecular formula is C8H16N2O2S2. The molecule has 4 nitrogen and oxygen atoms in total. The summed E-state index contributed by atoms with van der Waals surface area (Å²) < 4.78 is 25.3. The normalized spacial score (nSPS) is 22.1. The lowest BCUT2D eigenvalue weighted by Gasteiger charge is -2.06. The molecule has 14 heavy (non-hydrogen) atoms. The van der Waals surface area contributed by atoms with Crippen molar-refractivity contribution in [2.24, 2.45) is 4.99 Å². The van der Waals surface area contributed by atoms with Crippen LogP contribution in [-0.4, -0.2) is 31.1 Å². The van der Waals surface area contributed by atoms with E-state index < -0.39 is 10.0 Å². The number of nitrogens with zero attached hydrogens (tertiary/aromatic N) is 1. The van der Waals surface area contributed by atoms with E-state index in [1.807, 2.05) is 6.92 Å². The zero-order valence-electron chi connectivity index (χ0n) is 8.49. The maximum absolute atomic E-state index is 11.4. The molecule has 1 unspecified atom stereocenters. The van der Waals surface area contributed by atoms with Gasteiger partial charge in [0.25, 0.3) is 0 Å². The molecule has 0 aromatic heterocycles. The van der Waals surface area contributed by atoms with Gasteiger partial charge in [-0.25, -0.2) is 8.42 Å². The van der Waals surface area contributed by atoms with E-state index in [-0.39, 0.29) is 5.75 Å². The van der Waals surface area contributed by atoms with Crippen molar-refractivity contribution in [2.45, 2.75) is 31.9 Å². The SMILES string of the molecule is CCCS(=O)(=O)NC1=NCC(CC)S1. The fourth-order valence-corrected chi connectivity index (χ4v) is 3.46. The summed E-state index contributed by atoms with van der Waals surface area (Å²) in [5.74, 6) is 0.170. The van der Waals surface area contributed by atoms with E-state index in [1.165, 1.54) is 11.8 Å². The lowest BCUT2D eigenvalue weighted by molar-refractivity contribution is 0.591. The van der Waals surface area contributed by atoms with E-state index in [9.17, 15) is 8.42 Å². The van der Waals surface area contributed by atoms with E-state index in [2.05, 4.69) is 16.6 Å². The Morgan fingerprint density at radius 1 is 1.57 bits per heavy atom. The second-order valence-corrected chi connectivity index (χ2v) is 6.35. The predicted octanol–water partition coefficient (Wildman–Crippen LogP) is 1.20. The van der Waals surface area contributed by atoms with Gasteiger partial charge in [-0.1, -0.05) is 25.6 Å². The summed E-state index contributed by atoms with van der Waals surface area (Å²) in [6.45, 7) is 4.65. The third-order valence-corrected chi connectivity index (χ3v) is 4.74. The zero-order valence-corrected chi connectivity index (χ0v) is 10.1. The van der Waals surface area contributed by atoms with Crippen LogP contribution in [0, 0.1) is 0 Å². The molecular weight excluding hydrogens is 220 g/mol. The van der Waals surface area contributed by atoms with Crippen LogP contribution < -0.4 is 4.72 Å². The molecule has 1 N–H and O–H groups in total. The van der Waals surface area contributed by atoms with Crippen LogP contribution in [0.4, 0.5) is 0 Å². The maximum atomic E-state index is 11.4. The molecule has 1 heterocycles. The van der Waals surface area contributed by atoms with Crippen molar-refractivity contribution in [1.29, 1.82) is 0 Å². The Morgan fingerprint density at radius 2 is 2.29 bits per heavy atom. The first-order valence-electron chi connectivity index (χ1n) is 4.79. The molecule has 0 spiro atoms. The highest BCUT2D eigenvalue weighted by molar-refractivity contribution is 8.15. The van der Waals surface area contributed by atoms with E-state index in [4.69, 9.17) is 0 Å². The Bertz CT molecular complexity index is 311. The first-order chi connectivity index (χ1) is 6.57. The van der Waals surface area contributed by atoms with Crippen LogP contribution in [0.2, 0.25) is 0 Å². The highest BCUT2D eigenvalue weighted by Crippen LogP contribution is 2.22. The van der Waals surface area contributed by atoms with Gasteiger partial charge in [-0.15, -0.1) is 0 Å². The van der Waals surface area contributed by atoms with E-state index >= 15 is 0 Å². The number of amidine groups is 1. The Balaban J connectivity index is 2.47. The van der Waals surface area contributed by atoms with Gasteiger partial charge >= 0.3 is 0 Å². The van der Waals surface area contributed by atoms with Gasteiger partial charge in [0.05, 0.1) is 12.3 Å². The molecule has 1 aliphatic heterocycles. The monoisotopic (exact) mass is 236 g/mol. The van der Waals surface area contributed by atoms with Crippen LogP contribution in [0.5, 0.6) is 0 Å². The minimum atomic E-state index is -3.15. The van der Waals surface area contributed by atoms with Gasteiger partial charge in [0.1, 0.15) is 0 Å². The number of aliphatic imine (C=N–C) groups is 1. The molecule has 0 fully saturated rings. The first kappa shape index (κ1) is 11.8. The molecule has 0 amide bonds. The predicted molar refractivity (Wildman–Crippen MR) is 61.2 cm³/mol. The topological polar surface area (TPSA) is 58.5 Å². The van der Waals surface area contributed by atoms with Crippen LogP contribution in [0.3, 0.4) is 0 Å². The molecule has 1 rings (SSSR count). The third kappa shape index (κ3) is 3.49. The van der Waals surface area contributed by atoms with Crippen molar-refractivity contribution in [3.8, 4) is 0 Å². The second-order valence-electron chi connectivity index (χ2n) is 3.21. The average Bonchev–Trinajstić information content (AvgIpc) is 2.51. The van der Waals surface area contributed by atoms with Gasteiger partial charge in [0.2, 0.25) is 10.0 Å². The number of hydrogen-bond donors (Lipinski definition) is 1. The molecule has 0 bridgehead atoms. The summed E-state index contributed by atoms with van der Waals surface area (Å²) in [5, 5.41) is 1.000. The minimum absolute atomic E-state index is 0.170. The largest absolute Gasteiger partial charge is 0.262 e. The van der Waals surface area contributed by atoms with Crippen LogP contribution >= 0.6 is 11.8 Å². The lowest BCUT2D eigenvalue weighted by atomic mass is 10.3. The molecule has 0 radical (unpaired) electrons. The summed E-state index contributed by atoms with van der Waals surface area (Å²) in [7, 11) is -3.15. The molecule has 0 saturated carbocycles. The number of rotatable bonds is 4. The fourth-order valence-electron chi connectivity index (χ4n) is 1.14. The van der Waals surface area contributed by atoms with Gasteiger partial charge in [-0.05, 0) is 12.8 Å². The Labute approximate surface area is 89.6 Å². The average molecular weight is 236 g/mol. The van der Waals surface area contributed by atoms with Crippen molar-refractivity contribution in [1.82, 2.24) is 4.72 Å². The van der Waals surface area contributed by atoms with E-state index in [1.54, 1.807) is 0 Å². The second kappa shape index (κ2) is 5.02. The highest BCUT2D eigenvalue weighted by atomic mass is 32.2. The van der Waals surface area contributed by atoms with Gasteiger partial charge in [-0.3, -0.25) is 9.71 Å². The molecule has 0 aliphatic carbocycles. The number of hydrogen-bond acceptors (Lipinski definition) is 4. The van der Waals surface area contributed by atoms with Crippen molar-refractivity contribution in [2.75, 3.05) is 12.3 Å². The zero-order chi connectivity index (χ0) is 10.6. The van der Waals surface area contributed by atoms with Gasteiger partial charge in [0, 0.05) is 5.25 Å². The van der Waals surface area contributed by atoms with Gasteiger partial charge in [-0.2, -0.15) is 0 Å². The van der Waals surface area contributed by atoms with Crippen LogP contribution in [0.25, 0.3) is 0 Å². The minimum Gasteiger partial charge on any atom is -0.262 e. The van der Waals surface area contributed by atoms with Crippen molar-refractivity contribution < 1.29 is 8.42 Å². The number of sulfonamides is 1. The van der Waals surface area contributed by atoms with E-state index in [0.29, 0.717) is 16.8 Å². The summed E-state index contributed by atoms with van der Waals surface area (Å²) in [6, 6.07) is 0. The highest BCUT2D eigenvalue weighted by Gasteiger charge is 2.21. The van der Waals surface area contributed by atoms with Crippen LogP contribution in [-0.2, 0) is 10.0 Å². The maximum Gasteiger partial charge on any atom is 0.234 e. The molecule has 1 aliphatic rings. The van der Waals surface area contributed by atoms with Gasteiger partial charge < -0.3 is 0 Å². The molecule has 0 saturated heterocycles. The van der Waals surface area contributed by atoms with Crippen molar-refractivity contribution in [3.63, 3.8) is 0 Å². The fraction of sp³-hybridized carbons (Fsp3) is 0.875. The third-order valence-electron chi connectivity index (χ3n) is 1.89. The summed E-state index contributed by atoms with van der Waals surface area (Å²) in [5.41, 5.74) is 0. The first-order valence-corrected chi connectivity index (χ1v) is 7.32. The molecule has 82 valence electrons. The van der Waals surface area contributed by atoms with E-state index in [0.717, 1.165) is 13.0 Å². The lowest BCUT2D eigenvalue weighted by Crippen LogP contribution is -2.29. The molecule has 6 heteroatoms. The summed E-state index contributed by atoms with van der Waals surface area (Å²) >= 11 is 1.52. The quantitative estimate of drug-likeness (QED) is 0.798. The molecule has 1 atom stereocenters. The number of thioether (sulfide) groups is 1. The van der Waals surface area contributed by atoms with Gasteiger partial charge in [0.15, 0.2) is 5.17 Å².